The zero-order valence-electron chi connectivity index (χ0n) is 12.1. The topological polar surface area (TPSA) is 60.9 Å². The number of hydrogen-bond donors (Lipinski definition) is 1. The zero-order valence-corrected chi connectivity index (χ0v) is 12.9. The number of nitrogens with zero attached hydrogens (tertiary/aromatic N) is 2. The van der Waals surface area contributed by atoms with Crippen LogP contribution in [0, 0.1) is 5.92 Å². The smallest absolute Gasteiger partial charge is 0.304 e. The maximum absolute atomic E-state index is 12.3. The number of hydrogen-bond acceptors (Lipinski definition) is 4. The van der Waals surface area contributed by atoms with E-state index in [1.54, 1.807) is 11.8 Å². The third-order valence-electron chi connectivity index (χ3n) is 4.23. The van der Waals surface area contributed by atoms with Gasteiger partial charge >= 0.3 is 5.97 Å². The summed E-state index contributed by atoms with van der Waals surface area (Å²) in [5, 5.41) is 8.96. The van der Waals surface area contributed by atoms with Crippen LogP contribution in [0.4, 0.5) is 0 Å². The summed E-state index contributed by atoms with van der Waals surface area (Å²) in [4.78, 5) is 27.2. The lowest BCUT2D eigenvalue weighted by Crippen LogP contribution is -2.50. The molecule has 5 nitrogen and oxygen atoms in total. The van der Waals surface area contributed by atoms with E-state index in [1.165, 1.54) is 0 Å². The van der Waals surface area contributed by atoms with E-state index in [-0.39, 0.29) is 18.4 Å². The highest BCUT2D eigenvalue weighted by Crippen LogP contribution is 2.20. The van der Waals surface area contributed by atoms with Crippen LogP contribution in [-0.4, -0.2) is 70.5 Å². The van der Waals surface area contributed by atoms with Gasteiger partial charge in [0.15, 0.2) is 0 Å². The van der Waals surface area contributed by atoms with E-state index in [0.717, 1.165) is 44.0 Å². The summed E-state index contributed by atoms with van der Waals surface area (Å²) in [6.07, 6.45) is 2.30. The van der Waals surface area contributed by atoms with Crippen molar-refractivity contribution in [1.82, 2.24) is 9.80 Å². The second kappa shape index (κ2) is 7.31. The number of amides is 1. The Hall–Kier alpha value is -0.750. The Morgan fingerprint density at radius 1 is 1.25 bits per heavy atom. The molecule has 2 aliphatic heterocycles. The lowest BCUT2D eigenvalue weighted by atomic mass is 9.99. The van der Waals surface area contributed by atoms with Crippen LogP contribution in [0.15, 0.2) is 0 Å². The SMILES string of the molecule is CC1CCN(C(=O)CN2CCSCC2CC(=O)O)CC1. The fourth-order valence-electron chi connectivity index (χ4n) is 2.82. The first-order chi connectivity index (χ1) is 9.56. The number of carboxylic acid groups (broad SMARTS) is 1. The van der Waals surface area contributed by atoms with Gasteiger partial charge in [-0.3, -0.25) is 14.5 Å². The van der Waals surface area contributed by atoms with Crippen LogP contribution in [0.25, 0.3) is 0 Å². The summed E-state index contributed by atoms with van der Waals surface area (Å²) in [6, 6.07) is -0.00101. The van der Waals surface area contributed by atoms with Crippen LogP contribution in [0.3, 0.4) is 0 Å². The van der Waals surface area contributed by atoms with Gasteiger partial charge in [-0.2, -0.15) is 11.8 Å². The van der Waals surface area contributed by atoms with E-state index < -0.39 is 5.97 Å². The number of aliphatic carboxylic acids is 1. The third kappa shape index (κ3) is 4.38. The number of rotatable bonds is 4. The first kappa shape index (κ1) is 15.6. The number of carbonyl (C=O) groups excluding carboxylic acids is 1. The van der Waals surface area contributed by atoms with Gasteiger partial charge in [0.05, 0.1) is 13.0 Å². The average Bonchev–Trinajstić information content (AvgIpc) is 2.41. The van der Waals surface area contributed by atoms with Crippen LogP contribution < -0.4 is 0 Å². The molecule has 0 radical (unpaired) electrons. The van der Waals surface area contributed by atoms with Crippen LogP contribution in [-0.2, 0) is 9.59 Å². The monoisotopic (exact) mass is 300 g/mol. The number of carbonyl (C=O) groups is 2. The molecular formula is C14H24N2O3S. The van der Waals surface area contributed by atoms with Gasteiger partial charge in [-0.25, -0.2) is 0 Å². The molecule has 2 rings (SSSR count). The van der Waals surface area contributed by atoms with Gasteiger partial charge < -0.3 is 10.0 Å². The molecule has 0 bridgehead atoms. The Morgan fingerprint density at radius 2 is 1.95 bits per heavy atom. The molecule has 0 saturated carbocycles. The minimum Gasteiger partial charge on any atom is -0.481 e. The van der Waals surface area contributed by atoms with Crippen molar-refractivity contribution in [2.24, 2.45) is 5.92 Å². The van der Waals surface area contributed by atoms with E-state index in [4.69, 9.17) is 5.11 Å². The maximum atomic E-state index is 12.3. The molecule has 1 atom stereocenters. The summed E-state index contributed by atoms with van der Waals surface area (Å²) in [7, 11) is 0. The Balaban J connectivity index is 1.86. The number of carboxylic acids is 1. The summed E-state index contributed by atoms with van der Waals surface area (Å²) in [5.74, 6) is 1.91. The van der Waals surface area contributed by atoms with Crippen LogP contribution >= 0.6 is 11.8 Å². The molecule has 1 N–H and O–H groups in total. The Labute approximate surface area is 124 Å². The lowest BCUT2D eigenvalue weighted by Gasteiger charge is -2.37. The Morgan fingerprint density at radius 3 is 2.60 bits per heavy atom. The van der Waals surface area contributed by atoms with E-state index in [9.17, 15) is 9.59 Å². The van der Waals surface area contributed by atoms with Crippen molar-refractivity contribution >= 4 is 23.6 Å². The molecule has 20 heavy (non-hydrogen) atoms. The number of thioether (sulfide) groups is 1. The standard InChI is InChI=1S/C14H24N2O3S/c1-11-2-4-15(5-3-11)13(17)9-16-6-7-20-10-12(16)8-14(18)19/h11-12H,2-10H2,1H3,(H,18,19). The molecule has 2 heterocycles. The fourth-order valence-corrected chi connectivity index (χ4v) is 3.95. The number of piperidine rings is 1. The quantitative estimate of drug-likeness (QED) is 0.843. The highest BCUT2D eigenvalue weighted by molar-refractivity contribution is 7.99. The first-order valence-electron chi connectivity index (χ1n) is 7.37. The molecule has 6 heteroatoms. The second-order valence-electron chi connectivity index (χ2n) is 5.86. The number of likely N-dealkylation sites (tertiary alicyclic amines) is 1. The predicted molar refractivity (Wildman–Crippen MR) is 79.9 cm³/mol. The van der Waals surface area contributed by atoms with Gasteiger partial charge in [-0.1, -0.05) is 6.92 Å². The molecule has 0 aromatic carbocycles. The van der Waals surface area contributed by atoms with Crippen molar-refractivity contribution < 1.29 is 14.7 Å². The van der Waals surface area contributed by atoms with E-state index >= 15 is 0 Å². The minimum absolute atomic E-state index is 0.00101. The van der Waals surface area contributed by atoms with Crippen LogP contribution in [0.2, 0.25) is 0 Å². The fraction of sp³-hybridized carbons (Fsp3) is 0.857. The highest BCUT2D eigenvalue weighted by Gasteiger charge is 2.29. The molecule has 0 aromatic heterocycles. The van der Waals surface area contributed by atoms with Crippen LogP contribution in [0.1, 0.15) is 26.2 Å². The molecule has 114 valence electrons. The van der Waals surface area contributed by atoms with Crippen LogP contribution in [0.5, 0.6) is 0 Å². The zero-order chi connectivity index (χ0) is 14.5. The summed E-state index contributed by atoms with van der Waals surface area (Å²) >= 11 is 1.78. The molecular weight excluding hydrogens is 276 g/mol. The van der Waals surface area contributed by atoms with Gasteiger partial charge in [0.2, 0.25) is 5.91 Å². The van der Waals surface area contributed by atoms with Gasteiger partial charge in [0, 0.05) is 37.2 Å². The molecule has 2 saturated heterocycles. The molecule has 0 aliphatic carbocycles. The van der Waals surface area contributed by atoms with Crippen molar-refractivity contribution in [1.29, 1.82) is 0 Å². The largest absolute Gasteiger partial charge is 0.481 e. The maximum Gasteiger partial charge on any atom is 0.304 e. The molecule has 0 aromatic rings. The molecule has 0 spiro atoms. The van der Waals surface area contributed by atoms with Crippen molar-refractivity contribution in [2.75, 3.05) is 37.7 Å². The first-order valence-corrected chi connectivity index (χ1v) is 8.53. The third-order valence-corrected chi connectivity index (χ3v) is 5.33. The van der Waals surface area contributed by atoms with E-state index in [2.05, 4.69) is 11.8 Å². The molecule has 2 aliphatic rings. The van der Waals surface area contributed by atoms with E-state index in [0.29, 0.717) is 12.5 Å². The summed E-state index contributed by atoms with van der Waals surface area (Å²) in [5.41, 5.74) is 0. The Bertz CT molecular complexity index is 356. The van der Waals surface area contributed by atoms with Gasteiger partial charge in [-0.05, 0) is 18.8 Å². The summed E-state index contributed by atoms with van der Waals surface area (Å²) in [6.45, 7) is 5.14. The van der Waals surface area contributed by atoms with Crippen molar-refractivity contribution in [3.05, 3.63) is 0 Å². The van der Waals surface area contributed by atoms with Crippen molar-refractivity contribution in [2.45, 2.75) is 32.2 Å². The molecule has 1 unspecified atom stereocenters. The normalized spacial score (nSPS) is 25.6. The average molecular weight is 300 g/mol. The summed E-state index contributed by atoms with van der Waals surface area (Å²) < 4.78 is 0. The van der Waals surface area contributed by atoms with Crippen molar-refractivity contribution in [3.8, 4) is 0 Å². The lowest BCUT2D eigenvalue weighted by molar-refractivity contribution is -0.140. The Kier molecular flexibility index (Phi) is 5.72. The van der Waals surface area contributed by atoms with Gasteiger partial charge in [-0.15, -0.1) is 0 Å². The molecule has 1 amide bonds. The second-order valence-corrected chi connectivity index (χ2v) is 7.01. The van der Waals surface area contributed by atoms with E-state index in [1.807, 2.05) is 4.90 Å². The predicted octanol–water partition coefficient (Wildman–Crippen LogP) is 1.14. The highest BCUT2D eigenvalue weighted by atomic mass is 32.2. The van der Waals surface area contributed by atoms with Crippen molar-refractivity contribution in [3.63, 3.8) is 0 Å². The minimum atomic E-state index is -0.776. The molecule has 2 fully saturated rings. The van der Waals surface area contributed by atoms with Gasteiger partial charge in [0.25, 0.3) is 0 Å². The van der Waals surface area contributed by atoms with Gasteiger partial charge in [0.1, 0.15) is 0 Å².